The van der Waals surface area contributed by atoms with Gasteiger partial charge in [-0.05, 0) is 60.4 Å². The van der Waals surface area contributed by atoms with Crippen molar-refractivity contribution in [1.29, 1.82) is 0 Å². The Morgan fingerprint density at radius 3 is 2.62 bits per heavy atom. The van der Waals surface area contributed by atoms with Gasteiger partial charge in [0.1, 0.15) is 28.0 Å². The normalized spacial score (nSPS) is 15.6. The van der Waals surface area contributed by atoms with Crippen LogP contribution in [0.3, 0.4) is 0 Å². The fraction of sp³-hybridized carbons (Fsp3) is 0.152. The molecule has 0 amide bonds. The number of rotatable bonds is 6. The molecule has 2 aromatic heterocycles. The SMILES string of the molecule is COc1ccc(OC)c(C2C3=C(N=c4s/c(=C\c5ccc(-c6cc(Cl)c([N+](=O)[O-])cc6Cl)o5)c(=O)n42)c2ccccc2CC3)c1. The molecule has 9 nitrogen and oxygen atoms in total. The Balaban J connectivity index is 1.40. The molecule has 0 fully saturated rings. The van der Waals surface area contributed by atoms with Gasteiger partial charge in [0.2, 0.25) is 0 Å². The monoisotopic (exact) mass is 659 g/mol. The lowest BCUT2D eigenvalue weighted by Gasteiger charge is -2.31. The predicted octanol–water partition coefficient (Wildman–Crippen LogP) is 6.81. The smallest absolute Gasteiger partial charge is 0.289 e. The number of fused-ring (bicyclic) bond motifs is 3. The summed E-state index contributed by atoms with van der Waals surface area (Å²) in [4.78, 5) is 30.4. The number of thiazole rings is 1. The Morgan fingerprint density at radius 1 is 1.02 bits per heavy atom. The molecule has 5 aromatic rings. The molecule has 1 unspecified atom stereocenters. The summed E-state index contributed by atoms with van der Waals surface area (Å²) in [5.41, 5.74) is 4.83. The van der Waals surface area contributed by atoms with E-state index in [0.717, 1.165) is 35.2 Å². The maximum absolute atomic E-state index is 14.2. The number of ether oxygens (including phenoxy) is 2. The van der Waals surface area contributed by atoms with Crippen molar-refractivity contribution in [3.63, 3.8) is 0 Å². The van der Waals surface area contributed by atoms with Crippen LogP contribution in [0.5, 0.6) is 11.5 Å². The van der Waals surface area contributed by atoms with Crippen LogP contribution in [-0.2, 0) is 6.42 Å². The van der Waals surface area contributed by atoms with Crippen molar-refractivity contribution in [1.82, 2.24) is 4.57 Å². The molecule has 2 aliphatic rings. The summed E-state index contributed by atoms with van der Waals surface area (Å²) in [6, 6.07) is 19.3. The molecule has 1 atom stereocenters. The van der Waals surface area contributed by atoms with E-state index >= 15 is 0 Å². The van der Waals surface area contributed by atoms with Gasteiger partial charge in [0.05, 0.1) is 40.4 Å². The summed E-state index contributed by atoms with van der Waals surface area (Å²) < 4.78 is 19.5. The molecule has 0 bridgehead atoms. The van der Waals surface area contributed by atoms with E-state index in [1.807, 2.05) is 30.3 Å². The topological polar surface area (TPSA) is 109 Å². The van der Waals surface area contributed by atoms with Gasteiger partial charge >= 0.3 is 0 Å². The minimum atomic E-state index is -0.601. The largest absolute Gasteiger partial charge is 0.497 e. The van der Waals surface area contributed by atoms with Crippen molar-refractivity contribution in [2.45, 2.75) is 18.9 Å². The quantitative estimate of drug-likeness (QED) is 0.146. The van der Waals surface area contributed by atoms with Crippen molar-refractivity contribution in [2.24, 2.45) is 4.99 Å². The van der Waals surface area contributed by atoms with Crippen LogP contribution < -0.4 is 24.4 Å². The van der Waals surface area contributed by atoms with Crippen molar-refractivity contribution in [3.8, 4) is 22.8 Å². The number of hydrogen-bond acceptors (Lipinski definition) is 8. The zero-order chi connectivity index (χ0) is 31.4. The van der Waals surface area contributed by atoms with Gasteiger partial charge in [0.25, 0.3) is 11.2 Å². The summed E-state index contributed by atoms with van der Waals surface area (Å²) in [5, 5.41) is 11.3. The summed E-state index contributed by atoms with van der Waals surface area (Å²) in [5.74, 6) is 2.03. The van der Waals surface area contributed by atoms with Gasteiger partial charge in [0, 0.05) is 28.8 Å². The first-order chi connectivity index (χ1) is 21.8. The second-order valence-corrected chi connectivity index (χ2v) is 12.3. The number of aromatic nitrogens is 1. The second kappa shape index (κ2) is 11.4. The first-order valence-corrected chi connectivity index (χ1v) is 15.4. The van der Waals surface area contributed by atoms with E-state index in [1.54, 1.807) is 37.0 Å². The Bertz CT molecular complexity index is 2250. The first kappa shape index (κ1) is 29.1. The molecular formula is C33H23Cl2N3O6S. The Morgan fingerprint density at radius 2 is 1.84 bits per heavy atom. The standard InChI is InChI=1S/C33H23Cl2N3O6S/c1-42-18-8-11-27(43-2)23(13-18)31-21-10-7-17-5-3-4-6-20(17)30(21)36-33-37(31)32(39)29(45-33)14-19-9-12-28(44-19)22-15-25(35)26(38(40)41)16-24(22)34/h3-6,8-9,11-16,31H,7,10H2,1-2H3/b29-14-. The molecule has 0 saturated carbocycles. The highest BCUT2D eigenvalue weighted by atomic mass is 35.5. The Kier molecular flexibility index (Phi) is 7.35. The number of nitrogens with zero attached hydrogens (tertiary/aromatic N) is 3. The Hall–Kier alpha value is -4.64. The minimum Gasteiger partial charge on any atom is -0.497 e. The van der Waals surface area contributed by atoms with Gasteiger partial charge in [-0.25, -0.2) is 4.99 Å². The van der Waals surface area contributed by atoms with E-state index in [2.05, 4.69) is 12.1 Å². The van der Waals surface area contributed by atoms with Crippen LogP contribution in [0, 0.1) is 10.1 Å². The van der Waals surface area contributed by atoms with Gasteiger partial charge in [-0.2, -0.15) is 0 Å². The lowest BCUT2D eigenvalue weighted by Crippen LogP contribution is -2.39. The molecule has 7 rings (SSSR count). The average Bonchev–Trinajstić information content (AvgIpc) is 3.64. The molecular weight excluding hydrogens is 637 g/mol. The molecule has 1 aliphatic carbocycles. The average molecular weight is 661 g/mol. The van der Waals surface area contributed by atoms with Gasteiger partial charge in [-0.3, -0.25) is 19.5 Å². The third-order valence-electron chi connectivity index (χ3n) is 8.00. The molecule has 45 heavy (non-hydrogen) atoms. The van der Waals surface area contributed by atoms with Crippen molar-refractivity contribution >= 4 is 52.0 Å². The van der Waals surface area contributed by atoms with Crippen LogP contribution in [0.25, 0.3) is 23.1 Å². The van der Waals surface area contributed by atoms with E-state index < -0.39 is 11.0 Å². The zero-order valence-corrected chi connectivity index (χ0v) is 26.2. The van der Waals surface area contributed by atoms with E-state index in [4.69, 9.17) is 42.1 Å². The van der Waals surface area contributed by atoms with E-state index in [0.29, 0.717) is 37.9 Å². The number of allylic oxidation sites excluding steroid dienone is 1. The molecule has 12 heteroatoms. The molecule has 3 heterocycles. The van der Waals surface area contributed by atoms with Crippen LogP contribution in [-0.4, -0.2) is 23.7 Å². The van der Waals surface area contributed by atoms with Gasteiger partial charge in [0.15, 0.2) is 4.80 Å². The molecule has 226 valence electrons. The Labute approximate surface area is 270 Å². The number of nitro groups is 1. The summed E-state index contributed by atoms with van der Waals surface area (Å²) in [6.07, 6.45) is 3.21. The summed E-state index contributed by atoms with van der Waals surface area (Å²) >= 11 is 13.7. The van der Waals surface area contributed by atoms with Crippen LogP contribution in [0.4, 0.5) is 5.69 Å². The van der Waals surface area contributed by atoms with Crippen LogP contribution in [0.15, 0.2) is 86.5 Å². The number of hydrogen-bond donors (Lipinski definition) is 0. The molecule has 0 N–H and O–H groups in total. The third-order valence-corrected chi connectivity index (χ3v) is 9.60. The van der Waals surface area contributed by atoms with E-state index in [-0.39, 0.29) is 21.3 Å². The van der Waals surface area contributed by atoms with Crippen molar-refractivity contribution < 1.29 is 18.8 Å². The maximum atomic E-state index is 14.2. The fourth-order valence-electron chi connectivity index (χ4n) is 5.92. The minimum absolute atomic E-state index is 0.0656. The highest BCUT2D eigenvalue weighted by Crippen LogP contribution is 2.44. The molecule has 1 aliphatic heterocycles. The lowest BCUT2D eigenvalue weighted by molar-refractivity contribution is -0.384. The van der Waals surface area contributed by atoms with Gasteiger partial charge in [-0.1, -0.05) is 58.8 Å². The summed E-state index contributed by atoms with van der Waals surface area (Å²) in [6.45, 7) is 0. The number of nitro benzene ring substituents is 1. The third kappa shape index (κ3) is 4.95. The van der Waals surface area contributed by atoms with Crippen LogP contribution >= 0.6 is 34.5 Å². The number of benzene rings is 3. The number of methoxy groups -OCH3 is 2. The van der Waals surface area contributed by atoms with E-state index in [1.165, 1.54) is 29.0 Å². The maximum Gasteiger partial charge on any atom is 0.289 e. The van der Waals surface area contributed by atoms with Gasteiger partial charge < -0.3 is 13.9 Å². The second-order valence-electron chi connectivity index (χ2n) is 10.5. The first-order valence-electron chi connectivity index (χ1n) is 13.9. The van der Waals surface area contributed by atoms with Crippen molar-refractivity contribution in [3.05, 3.63) is 135 Å². The van der Waals surface area contributed by atoms with E-state index in [9.17, 15) is 14.9 Å². The summed E-state index contributed by atoms with van der Waals surface area (Å²) in [7, 11) is 3.22. The highest BCUT2D eigenvalue weighted by molar-refractivity contribution is 7.07. The molecule has 3 aromatic carbocycles. The predicted molar refractivity (Wildman–Crippen MR) is 173 cm³/mol. The number of aryl methyl sites for hydroxylation is 1. The number of furan rings is 1. The van der Waals surface area contributed by atoms with Crippen molar-refractivity contribution in [2.75, 3.05) is 14.2 Å². The fourth-order valence-corrected chi connectivity index (χ4v) is 7.39. The molecule has 0 spiro atoms. The van der Waals surface area contributed by atoms with Crippen LogP contribution in [0.1, 0.15) is 34.9 Å². The lowest BCUT2D eigenvalue weighted by atomic mass is 9.83. The molecule has 0 saturated heterocycles. The zero-order valence-electron chi connectivity index (χ0n) is 23.9. The number of halogens is 2. The van der Waals surface area contributed by atoms with Crippen LogP contribution in [0.2, 0.25) is 10.0 Å². The van der Waals surface area contributed by atoms with Gasteiger partial charge in [-0.15, -0.1) is 0 Å². The molecule has 0 radical (unpaired) electrons. The highest BCUT2D eigenvalue weighted by Gasteiger charge is 2.34.